The zero-order valence-corrected chi connectivity index (χ0v) is 15.3. The molecule has 0 radical (unpaired) electrons. The molecule has 1 fully saturated rings. The summed E-state index contributed by atoms with van der Waals surface area (Å²) in [7, 11) is 0. The highest BCUT2D eigenvalue weighted by atomic mass is 19.1. The van der Waals surface area contributed by atoms with Crippen LogP contribution >= 0.6 is 0 Å². The second kappa shape index (κ2) is 9.38. The van der Waals surface area contributed by atoms with Crippen LogP contribution in [-0.2, 0) is 16.0 Å². The average Bonchev–Trinajstić information content (AvgIpc) is 3.36. The first kappa shape index (κ1) is 19.9. The van der Waals surface area contributed by atoms with Gasteiger partial charge in [-0.25, -0.2) is 9.38 Å². The molecule has 1 aromatic carbocycles. The van der Waals surface area contributed by atoms with Crippen LogP contribution in [0.15, 0.2) is 46.4 Å². The number of nitrogens with two attached hydrogens (primary N) is 1. The van der Waals surface area contributed by atoms with Gasteiger partial charge in [0, 0.05) is 12.1 Å². The van der Waals surface area contributed by atoms with E-state index in [4.69, 9.17) is 10.5 Å². The van der Waals surface area contributed by atoms with Gasteiger partial charge in [0.2, 0.25) is 5.91 Å². The van der Waals surface area contributed by atoms with E-state index in [2.05, 4.69) is 15.0 Å². The fourth-order valence-electron chi connectivity index (χ4n) is 3.10. The number of amidine groups is 1. The van der Waals surface area contributed by atoms with E-state index < -0.39 is 0 Å². The van der Waals surface area contributed by atoms with Crippen LogP contribution in [0.3, 0.4) is 0 Å². The molecular formula is C20H23FN4O3. The molecule has 2 unspecified atom stereocenters. The van der Waals surface area contributed by atoms with Gasteiger partial charge in [-0.2, -0.15) is 4.99 Å². The Morgan fingerprint density at radius 3 is 2.75 bits per heavy atom. The van der Waals surface area contributed by atoms with Gasteiger partial charge in [0.25, 0.3) is 0 Å². The monoisotopic (exact) mass is 386 g/mol. The van der Waals surface area contributed by atoms with Gasteiger partial charge < -0.3 is 20.6 Å². The number of ether oxygens (including phenoxy) is 1. The smallest absolute Gasteiger partial charge is 0.248 e. The molecule has 1 aliphatic rings. The summed E-state index contributed by atoms with van der Waals surface area (Å²) in [5.41, 5.74) is 7.65. The molecule has 4 N–H and O–H groups in total. The lowest BCUT2D eigenvalue weighted by Gasteiger charge is -2.10. The highest BCUT2D eigenvalue weighted by Crippen LogP contribution is 2.32. The first-order valence-electron chi connectivity index (χ1n) is 9.15. The number of hydrogen-bond acceptors (Lipinski definition) is 3. The lowest BCUT2D eigenvalue weighted by Crippen LogP contribution is -2.11. The molecule has 2 heterocycles. The number of aromatic nitrogens is 1. The molecule has 2 aromatic rings. The number of aryl methyl sites for hydroxylation is 1. The molecule has 1 amide bonds. The summed E-state index contributed by atoms with van der Waals surface area (Å²) in [5.74, 6) is -0.472. The average molecular weight is 386 g/mol. The zero-order chi connectivity index (χ0) is 19.9. The third kappa shape index (κ3) is 5.11. The van der Waals surface area contributed by atoms with E-state index >= 15 is 0 Å². The van der Waals surface area contributed by atoms with Crippen molar-refractivity contribution in [3.05, 3.63) is 59.2 Å². The lowest BCUT2D eigenvalue weighted by atomic mass is 10.1. The molecule has 1 saturated heterocycles. The number of aliphatic hydroxyl groups is 1. The van der Waals surface area contributed by atoms with Crippen molar-refractivity contribution < 1.29 is 19.0 Å². The zero-order valence-electron chi connectivity index (χ0n) is 15.3. The quantitative estimate of drug-likeness (QED) is 0.522. The molecule has 0 spiro atoms. The number of amides is 1. The number of carbonyl (C=O) groups excluding carboxylic acids is 1. The third-order valence-corrected chi connectivity index (χ3v) is 4.58. The van der Waals surface area contributed by atoms with Crippen LogP contribution in [0.4, 0.5) is 4.39 Å². The number of carbonyl (C=O) groups is 1. The van der Waals surface area contributed by atoms with Gasteiger partial charge in [-0.15, -0.1) is 0 Å². The second-order valence-electron chi connectivity index (χ2n) is 6.57. The van der Waals surface area contributed by atoms with E-state index in [0.717, 1.165) is 30.4 Å². The van der Waals surface area contributed by atoms with Crippen molar-refractivity contribution in [3.63, 3.8) is 0 Å². The maximum absolute atomic E-state index is 12.9. The minimum Gasteiger partial charge on any atom is -0.394 e. The lowest BCUT2D eigenvalue weighted by molar-refractivity contribution is -0.117. The van der Waals surface area contributed by atoms with Gasteiger partial charge in [0.1, 0.15) is 5.82 Å². The largest absolute Gasteiger partial charge is 0.394 e. The molecule has 0 aliphatic carbocycles. The number of aliphatic imine (C=N–C) groups is 2. The SMILES string of the molecule is NC=NC(=NC(=O)CCc1ccc(F)cc1)c1ccc(C2CCC(CO)O2)[nH]1. The van der Waals surface area contributed by atoms with Gasteiger partial charge >= 0.3 is 0 Å². The highest BCUT2D eigenvalue weighted by Gasteiger charge is 2.27. The van der Waals surface area contributed by atoms with Crippen molar-refractivity contribution in [1.29, 1.82) is 0 Å². The van der Waals surface area contributed by atoms with Gasteiger partial charge in [0.15, 0.2) is 5.84 Å². The standard InChI is InChI=1S/C20H23FN4O3/c21-14-4-1-13(2-5-14)3-10-19(27)25-20(23-12-22)17-8-7-16(24-17)18-9-6-15(11-26)28-18/h1-2,4-5,7-8,12,15,18,24,26H,3,6,9-11H2,(H2,22,23,25,27). The second-order valence-corrected chi connectivity index (χ2v) is 6.57. The predicted octanol–water partition coefficient (Wildman–Crippen LogP) is 2.26. The Morgan fingerprint density at radius 2 is 2.07 bits per heavy atom. The molecule has 28 heavy (non-hydrogen) atoms. The Kier molecular flexibility index (Phi) is 6.67. The number of H-pyrrole nitrogens is 1. The first-order valence-corrected chi connectivity index (χ1v) is 9.15. The molecule has 1 aromatic heterocycles. The van der Waals surface area contributed by atoms with Gasteiger partial charge in [-0.05, 0) is 49.1 Å². The van der Waals surface area contributed by atoms with Crippen LogP contribution in [0.2, 0.25) is 0 Å². The van der Waals surface area contributed by atoms with E-state index in [-0.39, 0.29) is 42.8 Å². The molecule has 7 nitrogen and oxygen atoms in total. The van der Waals surface area contributed by atoms with Gasteiger partial charge in [-0.3, -0.25) is 4.79 Å². The molecular weight excluding hydrogens is 363 g/mol. The van der Waals surface area contributed by atoms with E-state index in [1.54, 1.807) is 18.2 Å². The van der Waals surface area contributed by atoms with Crippen LogP contribution < -0.4 is 5.73 Å². The topological polar surface area (TPSA) is 113 Å². The summed E-state index contributed by atoms with van der Waals surface area (Å²) in [4.78, 5) is 23.5. The van der Waals surface area contributed by atoms with Crippen LogP contribution in [-0.4, -0.2) is 40.9 Å². The van der Waals surface area contributed by atoms with E-state index in [1.807, 2.05) is 6.07 Å². The third-order valence-electron chi connectivity index (χ3n) is 4.58. The van der Waals surface area contributed by atoms with E-state index in [1.165, 1.54) is 12.1 Å². The van der Waals surface area contributed by atoms with Gasteiger partial charge in [-0.1, -0.05) is 12.1 Å². The fraction of sp³-hybridized carbons (Fsp3) is 0.350. The van der Waals surface area contributed by atoms with Gasteiger partial charge in [0.05, 0.1) is 30.8 Å². The van der Waals surface area contributed by atoms with Crippen LogP contribution in [0.5, 0.6) is 0 Å². The van der Waals surface area contributed by atoms with Crippen molar-refractivity contribution in [3.8, 4) is 0 Å². The Labute approximate surface area is 162 Å². The molecule has 3 rings (SSSR count). The number of nitrogens with zero attached hydrogens (tertiary/aromatic N) is 2. The minimum absolute atomic E-state index is 0.00318. The summed E-state index contributed by atoms with van der Waals surface area (Å²) in [6, 6.07) is 9.63. The highest BCUT2D eigenvalue weighted by molar-refractivity contribution is 6.06. The molecule has 2 atom stereocenters. The van der Waals surface area contributed by atoms with E-state index in [9.17, 15) is 14.3 Å². The normalized spacial score (nSPS) is 20.1. The number of rotatable bonds is 6. The number of hydrogen-bond donors (Lipinski definition) is 3. The van der Waals surface area contributed by atoms with Crippen LogP contribution in [0, 0.1) is 5.82 Å². The van der Waals surface area contributed by atoms with Crippen molar-refractivity contribution >= 4 is 18.1 Å². The van der Waals surface area contributed by atoms with Crippen molar-refractivity contribution in [2.45, 2.75) is 37.9 Å². The summed E-state index contributed by atoms with van der Waals surface area (Å²) >= 11 is 0. The number of nitrogens with one attached hydrogen (secondary N) is 1. The minimum atomic E-state index is -0.349. The van der Waals surface area contributed by atoms with Crippen molar-refractivity contribution in [2.24, 2.45) is 15.7 Å². The molecule has 148 valence electrons. The number of halogens is 1. The Bertz CT molecular complexity index is 861. The number of benzene rings is 1. The van der Waals surface area contributed by atoms with E-state index in [0.29, 0.717) is 12.1 Å². The molecule has 0 bridgehead atoms. The van der Waals surface area contributed by atoms with Crippen LogP contribution in [0.1, 0.15) is 42.3 Å². The van der Waals surface area contributed by atoms with Crippen molar-refractivity contribution in [2.75, 3.05) is 6.61 Å². The summed E-state index contributed by atoms with van der Waals surface area (Å²) < 4.78 is 18.7. The van der Waals surface area contributed by atoms with Crippen molar-refractivity contribution in [1.82, 2.24) is 4.98 Å². The maximum Gasteiger partial charge on any atom is 0.248 e. The Balaban J connectivity index is 1.67. The maximum atomic E-state index is 12.9. The number of aromatic amines is 1. The molecule has 1 aliphatic heterocycles. The molecule has 0 saturated carbocycles. The number of aliphatic hydroxyl groups excluding tert-OH is 1. The fourth-order valence-corrected chi connectivity index (χ4v) is 3.10. The Morgan fingerprint density at radius 1 is 1.29 bits per heavy atom. The Hall–Kier alpha value is -2.84. The summed E-state index contributed by atoms with van der Waals surface area (Å²) in [6.45, 7) is -0.00318. The summed E-state index contributed by atoms with van der Waals surface area (Å²) in [5, 5.41) is 9.20. The predicted molar refractivity (Wildman–Crippen MR) is 104 cm³/mol. The van der Waals surface area contributed by atoms with Crippen LogP contribution in [0.25, 0.3) is 0 Å². The molecule has 8 heteroatoms. The first-order chi connectivity index (χ1) is 13.6. The summed E-state index contributed by atoms with van der Waals surface area (Å²) in [6.07, 6.45) is 3.01.